The Morgan fingerprint density at radius 1 is 1.21 bits per heavy atom. The molecule has 3 aromatic heterocycles. The zero-order valence-electron chi connectivity index (χ0n) is 17.7. The molecule has 5 rings (SSSR count). The summed E-state index contributed by atoms with van der Waals surface area (Å²) in [5.41, 5.74) is -0.565. The number of carbonyl (C=O) groups excluding carboxylic acids is 1. The van der Waals surface area contributed by atoms with Gasteiger partial charge in [0.1, 0.15) is 17.0 Å². The highest BCUT2D eigenvalue weighted by molar-refractivity contribution is 5.99. The molecule has 0 radical (unpaired) electrons. The van der Waals surface area contributed by atoms with E-state index < -0.39 is 23.8 Å². The molecular weight excluding hydrogens is 447 g/mol. The minimum absolute atomic E-state index is 0. The molecule has 7 nitrogen and oxygen atoms in total. The molecule has 3 aromatic rings. The van der Waals surface area contributed by atoms with Gasteiger partial charge in [-0.25, -0.2) is 18.3 Å². The number of carbonyl (C=O) groups is 1. The van der Waals surface area contributed by atoms with E-state index in [0.717, 1.165) is 10.6 Å². The Morgan fingerprint density at radius 2 is 1.94 bits per heavy atom. The minimum atomic E-state index is -4.43. The second-order valence-corrected chi connectivity index (χ2v) is 8.47. The van der Waals surface area contributed by atoms with Crippen molar-refractivity contribution >= 4 is 11.6 Å². The summed E-state index contributed by atoms with van der Waals surface area (Å²) in [6, 6.07) is 3.84. The minimum Gasteiger partial charge on any atom is -0.338 e. The highest BCUT2D eigenvalue weighted by atomic mass is 19.4. The van der Waals surface area contributed by atoms with Crippen molar-refractivity contribution < 1.29 is 28.2 Å². The number of amides is 1. The van der Waals surface area contributed by atoms with Crippen LogP contribution in [-0.2, 0) is 18.3 Å². The van der Waals surface area contributed by atoms with E-state index in [1.165, 1.54) is 22.9 Å². The van der Waals surface area contributed by atoms with E-state index in [2.05, 4.69) is 15.4 Å². The van der Waals surface area contributed by atoms with Gasteiger partial charge in [-0.15, -0.1) is 0 Å². The molecule has 1 amide bonds. The molecule has 2 aliphatic rings. The number of aromatic nitrogens is 4. The zero-order chi connectivity index (χ0) is 23.5. The van der Waals surface area contributed by atoms with Crippen LogP contribution in [0.5, 0.6) is 0 Å². The fourth-order valence-corrected chi connectivity index (χ4v) is 4.99. The van der Waals surface area contributed by atoms with Gasteiger partial charge in [0.2, 0.25) is 0 Å². The fraction of sp³-hybridized carbons (Fsp3) is 0.476. The van der Waals surface area contributed by atoms with Gasteiger partial charge in [-0.2, -0.15) is 18.3 Å². The first kappa shape index (κ1) is 21.8. The predicted molar refractivity (Wildman–Crippen MR) is 109 cm³/mol. The Hall–Kier alpha value is -3.02. The van der Waals surface area contributed by atoms with Crippen LogP contribution < -0.4 is 5.32 Å². The number of halogens is 5. The Bertz CT molecular complexity index is 1230. The number of nitrogens with one attached hydrogen (secondary N) is 1. The number of alkyl halides is 5. The predicted octanol–water partition coefficient (Wildman–Crippen LogP) is 3.78. The van der Waals surface area contributed by atoms with E-state index in [-0.39, 0.29) is 30.8 Å². The van der Waals surface area contributed by atoms with Crippen LogP contribution in [0.25, 0.3) is 5.65 Å². The third kappa shape index (κ3) is 3.47. The van der Waals surface area contributed by atoms with E-state index in [0.29, 0.717) is 43.9 Å². The Kier molecular flexibility index (Phi) is 4.96. The third-order valence-corrected chi connectivity index (χ3v) is 6.55. The number of hydrogen-bond acceptors (Lipinski definition) is 4. The number of aryl methyl sites for hydroxylation is 1. The maximum atomic E-state index is 13.4. The summed E-state index contributed by atoms with van der Waals surface area (Å²) in [5, 5.41) is 7.31. The summed E-state index contributed by atoms with van der Waals surface area (Å²) in [4.78, 5) is 19.0. The summed E-state index contributed by atoms with van der Waals surface area (Å²) in [7, 11) is 0. The molecule has 1 fully saturated rings. The van der Waals surface area contributed by atoms with Gasteiger partial charge >= 0.3 is 6.18 Å². The third-order valence-electron chi connectivity index (χ3n) is 6.55. The summed E-state index contributed by atoms with van der Waals surface area (Å²) >= 11 is 0. The van der Waals surface area contributed by atoms with Crippen molar-refractivity contribution in [1.82, 2.24) is 29.4 Å². The molecule has 0 aliphatic carbocycles. The van der Waals surface area contributed by atoms with E-state index in [4.69, 9.17) is 0 Å². The molecule has 33 heavy (non-hydrogen) atoms. The van der Waals surface area contributed by atoms with Gasteiger partial charge in [-0.3, -0.25) is 4.79 Å². The first-order valence-electron chi connectivity index (χ1n) is 10.6. The highest BCUT2D eigenvalue weighted by Crippen LogP contribution is 2.40. The molecule has 5 heterocycles. The van der Waals surface area contributed by atoms with Gasteiger partial charge in [0.15, 0.2) is 5.65 Å². The van der Waals surface area contributed by atoms with Crippen molar-refractivity contribution in [2.45, 2.75) is 44.5 Å². The topological polar surface area (TPSA) is 67.5 Å². The van der Waals surface area contributed by atoms with E-state index in [1.54, 1.807) is 11.8 Å². The van der Waals surface area contributed by atoms with Crippen LogP contribution >= 0.6 is 0 Å². The molecule has 0 atom stereocenters. The zero-order valence-corrected chi connectivity index (χ0v) is 17.7. The van der Waals surface area contributed by atoms with E-state index in [1.807, 2.05) is 0 Å². The van der Waals surface area contributed by atoms with Gasteiger partial charge in [-0.05, 0) is 38.0 Å². The first-order valence-corrected chi connectivity index (χ1v) is 10.6. The van der Waals surface area contributed by atoms with Gasteiger partial charge in [0.05, 0.1) is 11.7 Å². The SMILES string of the molecule is Cc1cc(C(F)F)n2ncc(C(=O)N3CCC4(CC3)NCCn3c(C(F)(F)F)ccc34)c2n1.[HH]. The van der Waals surface area contributed by atoms with Crippen molar-refractivity contribution in [2.24, 2.45) is 0 Å². The fourth-order valence-electron chi connectivity index (χ4n) is 4.99. The number of nitrogens with zero attached hydrogens (tertiary/aromatic N) is 5. The number of likely N-dealkylation sites (tertiary alicyclic amines) is 1. The van der Waals surface area contributed by atoms with E-state index >= 15 is 0 Å². The van der Waals surface area contributed by atoms with Gasteiger partial charge in [0.25, 0.3) is 12.3 Å². The maximum Gasteiger partial charge on any atom is 0.431 e. The van der Waals surface area contributed by atoms with Crippen molar-refractivity contribution in [2.75, 3.05) is 19.6 Å². The number of rotatable bonds is 2. The van der Waals surface area contributed by atoms with Crippen molar-refractivity contribution in [3.63, 3.8) is 0 Å². The summed E-state index contributed by atoms with van der Waals surface area (Å²) in [6.45, 7) is 2.77. The van der Waals surface area contributed by atoms with Crippen LogP contribution in [0.4, 0.5) is 22.0 Å². The molecule has 2 aliphatic heterocycles. The normalized spacial score (nSPS) is 18.3. The quantitative estimate of drug-likeness (QED) is 0.579. The van der Waals surface area contributed by atoms with Gasteiger partial charge in [0, 0.05) is 39.0 Å². The molecular formula is C21H23F5N6O. The number of fused-ring (bicyclic) bond motifs is 3. The molecule has 0 aromatic carbocycles. The van der Waals surface area contributed by atoms with Crippen molar-refractivity contribution in [3.8, 4) is 0 Å². The van der Waals surface area contributed by atoms with Crippen molar-refractivity contribution in [3.05, 3.63) is 52.7 Å². The van der Waals surface area contributed by atoms with Crippen LogP contribution in [0.1, 0.15) is 53.8 Å². The largest absolute Gasteiger partial charge is 0.431 e. The Balaban J connectivity index is 0.00000274. The Labute approximate surface area is 186 Å². The molecule has 1 saturated heterocycles. The second-order valence-electron chi connectivity index (χ2n) is 8.47. The van der Waals surface area contributed by atoms with Crippen LogP contribution in [0.15, 0.2) is 24.4 Å². The molecule has 1 spiro atoms. The van der Waals surface area contributed by atoms with Crippen molar-refractivity contribution in [1.29, 1.82) is 0 Å². The smallest absolute Gasteiger partial charge is 0.338 e. The highest BCUT2D eigenvalue weighted by Gasteiger charge is 2.45. The van der Waals surface area contributed by atoms with Crippen LogP contribution in [-0.4, -0.2) is 49.6 Å². The lowest BCUT2D eigenvalue weighted by molar-refractivity contribution is -0.144. The average Bonchev–Trinajstić information content (AvgIpc) is 3.38. The van der Waals surface area contributed by atoms with E-state index in [9.17, 15) is 26.7 Å². The molecule has 0 unspecified atom stereocenters. The van der Waals surface area contributed by atoms with Gasteiger partial charge in [-0.1, -0.05) is 0 Å². The summed E-state index contributed by atoms with van der Waals surface area (Å²) < 4.78 is 69.2. The van der Waals surface area contributed by atoms with Crippen LogP contribution in [0.3, 0.4) is 0 Å². The summed E-state index contributed by atoms with van der Waals surface area (Å²) in [5.74, 6) is -0.389. The first-order chi connectivity index (χ1) is 15.6. The maximum absolute atomic E-state index is 13.4. The molecule has 0 bridgehead atoms. The number of hydrogen-bond donors (Lipinski definition) is 1. The van der Waals surface area contributed by atoms with Crippen LogP contribution in [0.2, 0.25) is 0 Å². The Morgan fingerprint density at radius 3 is 2.61 bits per heavy atom. The second kappa shape index (κ2) is 7.51. The lowest BCUT2D eigenvalue weighted by Gasteiger charge is -2.45. The molecule has 0 saturated carbocycles. The number of piperidine rings is 1. The molecule has 12 heteroatoms. The molecule has 178 valence electrons. The summed E-state index contributed by atoms with van der Waals surface area (Å²) in [6.07, 6.45) is -5.12. The van der Waals surface area contributed by atoms with Crippen LogP contribution in [0, 0.1) is 6.92 Å². The lowest BCUT2D eigenvalue weighted by atomic mass is 9.83. The average molecular weight is 470 g/mol. The molecule has 1 N–H and O–H groups in total. The monoisotopic (exact) mass is 470 g/mol. The lowest BCUT2D eigenvalue weighted by Crippen LogP contribution is -2.56. The standard InChI is InChI=1S/C21H21F5N6O.H2/c1-12-10-14(17(22)23)32-18(29-12)13(11-28-32)19(33)30-7-4-20(5-8-30)15-2-3-16(21(24,25)26)31(15)9-6-27-20;/h2-3,10-11,17,27H,4-9H2,1H3;1H. The van der Waals surface area contributed by atoms with Gasteiger partial charge < -0.3 is 14.8 Å².